The van der Waals surface area contributed by atoms with Crippen molar-refractivity contribution in [3.05, 3.63) is 54.4 Å². The number of urea groups is 1. The SMILES string of the molecule is CC(C)C(=O)Nc1ccc(CNC(=O)N2CCC(n3cccc3)CC2)cc1. The highest BCUT2D eigenvalue weighted by molar-refractivity contribution is 5.92. The summed E-state index contributed by atoms with van der Waals surface area (Å²) < 4.78 is 2.23. The van der Waals surface area contributed by atoms with Gasteiger partial charge in [0, 0.05) is 49.7 Å². The number of piperidine rings is 1. The van der Waals surface area contributed by atoms with Crippen molar-refractivity contribution in [1.29, 1.82) is 0 Å². The Balaban J connectivity index is 1.43. The van der Waals surface area contributed by atoms with E-state index in [1.807, 2.05) is 55.1 Å². The van der Waals surface area contributed by atoms with Gasteiger partial charge in [-0.3, -0.25) is 4.79 Å². The molecule has 6 nitrogen and oxygen atoms in total. The summed E-state index contributed by atoms with van der Waals surface area (Å²) in [6.07, 6.45) is 6.14. The zero-order chi connectivity index (χ0) is 19.2. The van der Waals surface area contributed by atoms with Gasteiger partial charge in [-0.05, 0) is 42.7 Å². The van der Waals surface area contributed by atoms with Crippen LogP contribution in [0.3, 0.4) is 0 Å². The number of hydrogen-bond donors (Lipinski definition) is 2. The van der Waals surface area contributed by atoms with Crippen LogP contribution in [0, 0.1) is 5.92 Å². The molecule has 0 bridgehead atoms. The highest BCUT2D eigenvalue weighted by Gasteiger charge is 2.23. The second kappa shape index (κ2) is 8.75. The summed E-state index contributed by atoms with van der Waals surface area (Å²) in [5.41, 5.74) is 1.78. The molecule has 0 aliphatic carbocycles. The fraction of sp³-hybridized carbons (Fsp3) is 0.429. The van der Waals surface area contributed by atoms with E-state index in [4.69, 9.17) is 0 Å². The molecule has 1 aromatic carbocycles. The number of nitrogens with one attached hydrogen (secondary N) is 2. The van der Waals surface area contributed by atoms with E-state index in [1.165, 1.54) is 0 Å². The molecule has 0 saturated carbocycles. The molecule has 1 aromatic heterocycles. The van der Waals surface area contributed by atoms with E-state index in [-0.39, 0.29) is 17.9 Å². The average molecular weight is 368 g/mol. The lowest BCUT2D eigenvalue weighted by atomic mass is 10.1. The molecule has 144 valence electrons. The second-order valence-electron chi connectivity index (χ2n) is 7.35. The van der Waals surface area contributed by atoms with Crippen molar-refractivity contribution in [2.24, 2.45) is 5.92 Å². The zero-order valence-electron chi connectivity index (χ0n) is 16.0. The average Bonchev–Trinajstić information content (AvgIpc) is 3.22. The molecule has 2 aromatic rings. The number of carbonyl (C=O) groups is 2. The van der Waals surface area contributed by atoms with E-state index in [0.29, 0.717) is 12.6 Å². The molecule has 1 aliphatic heterocycles. The number of hydrogen-bond acceptors (Lipinski definition) is 2. The van der Waals surface area contributed by atoms with E-state index in [0.717, 1.165) is 37.2 Å². The molecule has 2 heterocycles. The lowest BCUT2D eigenvalue weighted by Gasteiger charge is -2.32. The number of nitrogens with zero attached hydrogens (tertiary/aromatic N) is 2. The van der Waals surface area contributed by atoms with Gasteiger partial charge in [0.05, 0.1) is 0 Å². The first kappa shape index (κ1) is 19.0. The topological polar surface area (TPSA) is 66.4 Å². The highest BCUT2D eigenvalue weighted by Crippen LogP contribution is 2.22. The Hall–Kier alpha value is -2.76. The van der Waals surface area contributed by atoms with Gasteiger partial charge in [0.1, 0.15) is 0 Å². The molecule has 2 N–H and O–H groups in total. The Labute approximate surface area is 160 Å². The number of anilines is 1. The summed E-state index contributed by atoms with van der Waals surface area (Å²) in [6.45, 7) is 5.75. The minimum atomic E-state index is -0.0504. The quantitative estimate of drug-likeness (QED) is 0.846. The highest BCUT2D eigenvalue weighted by atomic mass is 16.2. The smallest absolute Gasteiger partial charge is 0.317 e. The number of carbonyl (C=O) groups excluding carboxylic acids is 2. The standard InChI is InChI=1S/C21H28N4O2/c1-16(2)20(26)23-18-7-5-17(6-8-18)15-22-21(27)25-13-9-19(10-14-25)24-11-3-4-12-24/h3-8,11-12,16,19H,9-10,13-15H2,1-2H3,(H,22,27)(H,23,26). The van der Waals surface area contributed by atoms with Crippen molar-refractivity contribution in [3.63, 3.8) is 0 Å². The van der Waals surface area contributed by atoms with Gasteiger partial charge >= 0.3 is 6.03 Å². The van der Waals surface area contributed by atoms with Gasteiger partial charge in [0.2, 0.25) is 5.91 Å². The second-order valence-corrected chi connectivity index (χ2v) is 7.35. The van der Waals surface area contributed by atoms with Crippen LogP contribution in [0.5, 0.6) is 0 Å². The van der Waals surface area contributed by atoms with E-state index in [1.54, 1.807) is 0 Å². The number of aromatic nitrogens is 1. The van der Waals surface area contributed by atoms with Crippen molar-refractivity contribution in [2.45, 2.75) is 39.3 Å². The molecule has 1 fully saturated rings. The predicted octanol–water partition coefficient (Wildman–Crippen LogP) is 3.63. The first-order valence-corrected chi connectivity index (χ1v) is 9.58. The monoisotopic (exact) mass is 368 g/mol. The first-order chi connectivity index (χ1) is 13.0. The van der Waals surface area contributed by atoms with E-state index < -0.39 is 0 Å². The maximum absolute atomic E-state index is 12.4. The summed E-state index contributed by atoms with van der Waals surface area (Å²) in [7, 11) is 0. The minimum absolute atomic E-state index is 0.000586. The van der Waals surface area contributed by atoms with Crippen LogP contribution in [-0.4, -0.2) is 34.5 Å². The number of likely N-dealkylation sites (tertiary alicyclic amines) is 1. The molecule has 0 unspecified atom stereocenters. The lowest BCUT2D eigenvalue weighted by molar-refractivity contribution is -0.118. The molecule has 0 atom stereocenters. The summed E-state index contributed by atoms with van der Waals surface area (Å²) in [6, 6.07) is 12.1. The molecular weight excluding hydrogens is 340 g/mol. The third-order valence-electron chi connectivity index (χ3n) is 4.99. The van der Waals surface area contributed by atoms with Crippen LogP contribution < -0.4 is 10.6 Å². The number of rotatable bonds is 5. The van der Waals surface area contributed by atoms with Crippen molar-refractivity contribution in [3.8, 4) is 0 Å². The largest absolute Gasteiger partial charge is 0.351 e. The predicted molar refractivity (Wildman–Crippen MR) is 106 cm³/mol. The Bertz CT molecular complexity index is 745. The summed E-state index contributed by atoms with van der Waals surface area (Å²) >= 11 is 0. The number of amides is 3. The molecule has 6 heteroatoms. The maximum Gasteiger partial charge on any atom is 0.317 e. The molecule has 1 saturated heterocycles. The normalized spacial score (nSPS) is 15.0. The van der Waals surface area contributed by atoms with Crippen LogP contribution in [0.25, 0.3) is 0 Å². The molecule has 0 spiro atoms. The van der Waals surface area contributed by atoms with Gasteiger partial charge in [-0.1, -0.05) is 26.0 Å². The van der Waals surface area contributed by atoms with Crippen molar-refractivity contribution >= 4 is 17.6 Å². The summed E-state index contributed by atoms with van der Waals surface area (Å²) in [5, 5.41) is 5.85. The Morgan fingerprint density at radius 3 is 2.30 bits per heavy atom. The van der Waals surface area contributed by atoms with E-state index in [9.17, 15) is 9.59 Å². The van der Waals surface area contributed by atoms with Crippen molar-refractivity contribution in [1.82, 2.24) is 14.8 Å². The fourth-order valence-electron chi connectivity index (χ4n) is 3.24. The van der Waals surface area contributed by atoms with Crippen LogP contribution in [0.2, 0.25) is 0 Å². The van der Waals surface area contributed by atoms with Crippen LogP contribution >= 0.6 is 0 Å². The molecule has 3 amide bonds. The summed E-state index contributed by atoms with van der Waals surface area (Å²) in [4.78, 5) is 26.0. The Kier molecular flexibility index (Phi) is 6.16. The molecule has 1 aliphatic rings. The van der Waals surface area contributed by atoms with Crippen molar-refractivity contribution in [2.75, 3.05) is 18.4 Å². The van der Waals surface area contributed by atoms with Gasteiger partial charge in [0.15, 0.2) is 0 Å². The van der Waals surface area contributed by atoms with E-state index in [2.05, 4.69) is 27.6 Å². The first-order valence-electron chi connectivity index (χ1n) is 9.58. The van der Waals surface area contributed by atoms with Crippen LogP contribution in [0.15, 0.2) is 48.8 Å². The molecular formula is C21H28N4O2. The van der Waals surface area contributed by atoms with Gasteiger partial charge in [-0.25, -0.2) is 4.79 Å². The Morgan fingerprint density at radius 2 is 1.70 bits per heavy atom. The molecule has 0 radical (unpaired) electrons. The lowest BCUT2D eigenvalue weighted by Crippen LogP contribution is -2.44. The minimum Gasteiger partial charge on any atom is -0.351 e. The molecule has 27 heavy (non-hydrogen) atoms. The fourth-order valence-corrected chi connectivity index (χ4v) is 3.24. The zero-order valence-corrected chi connectivity index (χ0v) is 16.0. The van der Waals surface area contributed by atoms with Gasteiger partial charge in [-0.15, -0.1) is 0 Å². The van der Waals surface area contributed by atoms with Gasteiger partial charge < -0.3 is 20.1 Å². The number of benzene rings is 1. The van der Waals surface area contributed by atoms with Crippen LogP contribution in [-0.2, 0) is 11.3 Å². The van der Waals surface area contributed by atoms with Crippen molar-refractivity contribution < 1.29 is 9.59 Å². The Morgan fingerprint density at radius 1 is 1.07 bits per heavy atom. The third kappa shape index (κ3) is 5.12. The van der Waals surface area contributed by atoms with Crippen LogP contribution in [0.4, 0.5) is 10.5 Å². The molecule has 3 rings (SSSR count). The van der Waals surface area contributed by atoms with Crippen LogP contribution in [0.1, 0.15) is 38.3 Å². The van der Waals surface area contributed by atoms with Gasteiger partial charge in [-0.2, -0.15) is 0 Å². The maximum atomic E-state index is 12.4. The van der Waals surface area contributed by atoms with E-state index >= 15 is 0 Å². The third-order valence-corrected chi connectivity index (χ3v) is 4.99. The van der Waals surface area contributed by atoms with Gasteiger partial charge in [0.25, 0.3) is 0 Å². The summed E-state index contributed by atoms with van der Waals surface area (Å²) in [5.74, 6) is -0.0509.